The number of nitrogens with zero attached hydrogens (tertiary/aromatic N) is 1. The molecule has 1 aliphatic rings. The molecule has 8 heteroatoms. The van der Waals surface area contributed by atoms with E-state index in [4.69, 9.17) is 0 Å². The van der Waals surface area contributed by atoms with E-state index in [0.29, 0.717) is 13.0 Å². The van der Waals surface area contributed by atoms with Gasteiger partial charge in [-0.1, -0.05) is 17.7 Å². The number of likely N-dealkylation sites (N-methyl/N-ethyl adjacent to an activating group) is 1. The summed E-state index contributed by atoms with van der Waals surface area (Å²) in [6.07, 6.45) is 1.38. The minimum absolute atomic E-state index is 0.122. The van der Waals surface area contributed by atoms with Crippen LogP contribution in [0.3, 0.4) is 0 Å². The Bertz CT molecular complexity index is 685. The number of sulfonamides is 1. The number of hydrogen-bond donors (Lipinski definition) is 2. The predicted octanol–water partition coefficient (Wildman–Crippen LogP) is 0.0103. The smallest absolute Gasteiger partial charge is 0.309 e. The number of hydrogen-bond acceptors (Lipinski definition) is 4. The van der Waals surface area contributed by atoms with E-state index in [1.807, 2.05) is 6.92 Å². The van der Waals surface area contributed by atoms with Crippen molar-refractivity contribution >= 4 is 21.8 Å². The van der Waals surface area contributed by atoms with E-state index in [1.165, 1.54) is 11.4 Å². The van der Waals surface area contributed by atoms with Gasteiger partial charge in [-0.2, -0.15) is 4.31 Å². The molecular weight excluding hydrogens is 318 g/mol. The van der Waals surface area contributed by atoms with Gasteiger partial charge in [0.25, 0.3) is 0 Å². The fraction of sp³-hybridized carbons (Fsp3) is 0.467. The summed E-state index contributed by atoms with van der Waals surface area (Å²) in [5.74, 6) is -1.50. The third kappa shape index (κ3) is 3.89. The third-order valence-electron chi connectivity index (χ3n) is 3.88. The molecule has 1 heterocycles. The van der Waals surface area contributed by atoms with Crippen LogP contribution in [-0.4, -0.2) is 50.7 Å². The van der Waals surface area contributed by atoms with Gasteiger partial charge in [-0.05, 0) is 31.9 Å². The summed E-state index contributed by atoms with van der Waals surface area (Å²) in [5, 5.41) is 4.71. The molecule has 0 saturated carbocycles. The first-order valence-corrected chi connectivity index (χ1v) is 8.88. The van der Waals surface area contributed by atoms with Crippen molar-refractivity contribution in [2.24, 2.45) is 0 Å². The fourth-order valence-corrected chi connectivity index (χ4v) is 4.27. The summed E-state index contributed by atoms with van der Waals surface area (Å²) in [6.45, 7) is 2.43. The number of rotatable bonds is 4. The highest BCUT2D eigenvalue weighted by Gasteiger charge is 2.35. The minimum Gasteiger partial charge on any atom is -0.351 e. The molecule has 7 nitrogen and oxygen atoms in total. The minimum atomic E-state index is -3.60. The van der Waals surface area contributed by atoms with Gasteiger partial charge >= 0.3 is 11.8 Å². The zero-order chi connectivity index (χ0) is 17.0. The Morgan fingerprint density at radius 3 is 2.48 bits per heavy atom. The van der Waals surface area contributed by atoms with Gasteiger partial charge in [0, 0.05) is 26.2 Å². The zero-order valence-corrected chi connectivity index (χ0v) is 14.0. The lowest BCUT2D eigenvalue weighted by atomic mass is 10.2. The summed E-state index contributed by atoms with van der Waals surface area (Å²) in [7, 11) is -2.23. The van der Waals surface area contributed by atoms with Crippen molar-refractivity contribution in [2.75, 3.05) is 20.1 Å². The summed E-state index contributed by atoms with van der Waals surface area (Å²) in [5.41, 5.74) is 0.986. The predicted molar refractivity (Wildman–Crippen MR) is 85.2 cm³/mol. The molecule has 0 aromatic heterocycles. The zero-order valence-electron chi connectivity index (χ0n) is 13.2. The fourth-order valence-electron chi connectivity index (χ4n) is 2.58. The molecule has 1 atom stereocenters. The quantitative estimate of drug-likeness (QED) is 0.756. The Hall–Kier alpha value is -1.93. The first-order chi connectivity index (χ1) is 10.9. The lowest BCUT2D eigenvalue weighted by Gasteiger charge is -2.24. The van der Waals surface area contributed by atoms with Crippen LogP contribution in [0, 0.1) is 6.92 Å². The number of amides is 2. The average Bonchev–Trinajstić information content (AvgIpc) is 3.01. The maximum absolute atomic E-state index is 12.7. The lowest BCUT2D eigenvalue weighted by Crippen LogP contribution is -2.46. The second-order valence-electron chi connectivity index (χ2n) is 5.51. The lowest BCUT2D eigenvalue weighted by molar-refractivity contribution is -0.138. The number of nitrogens with one attached hydrogen (secondary N) is 2. The summed E-state index contributed by atoms with van der Waals surface area (Å²) < 4.78 is 26.9. The molecule has 1 aromatic rings. The average molecular weight is 339 g/mol. The summed E-state index contributed by atoms with van der Waals surface area (Å²) in [6, 6.07) is 6.35. The molecule has 1 aliphatic heterocycles. The van der Waals surface area contributed by atoms with Crippen LogP contribution in [0.4, 0.5) is 0 Å². The molecule has 0 aliphatic carbocycles. The number of aryl methyl sites for hydroxylation is 1. The third-order valence-corrected chi connectivity index (χ3v) is 5.85. The Morgan fingerprint density at radius 1 is 1.22 bits per heavy atom. The molecule has 0 unspecified atom stereocenters. The van der Waals surface area contributed by atoms with Gasteiger partial charge in [0.1, 0.15) is 0 Å². The normalized spacial score (nSPS) is 18.6. The molecule has 126 valence electrons. The van der Waals surface area contributed by atoms with Crippen molar-refractivity contribution in [3.63, 3.8) is 0 Å². The van der Waals surface area contributed by atoms with Gasteiger partial charge in [-0.3, -0.25) is 9.59 Å². The van der Waals surface area contributed by atoms with Gasteiger partial charge in [0.15, 0.2) is 0 Å². The SMILES string of the molecule is CNC(=O)C(=O)NC[C@@H]1CCCN1S(=O)(=O)c1ccc(C)cc1. The number of benzene rings is 1. The van der Waals surface area contributed by atoms with Crippen LogP contribution >= 0.6 is 0 Å². The monoisotopic (exact) mass is 339 g/mol. The molecule has 2 amide bonds. The Labute approximate surface area is 136 Å². The van der Waals surface area contributed by atoms with Gasteiger partial charge in [-0.25, -0.2) is 8.42 Å². The molecule has 1 saturated heterocycles. The maximum Gasteiger partial charge on any atom is 0.309 e. The summed E-state index contributed by atoms with van der Waals surface area (Å²) >= 11 is 0. The van der Waals surface area contributed by atoms with Crippen LogP contribution < -0.4 is 10.6 Å². The van der Waals surface area contributed by atoms with Crippen molar-refractivity contribution in [2.45, 2.75) is 30.7 Å². The van der Waals surface area contributed by atoms with Gasteiger partial charge in [0.2, 0.25) is 10.0 Å². The highest BCUT2D eigenvalue weighted by molar-refractivity contribution is 7.89. The Morgan fingerprint density at radius 2 is 1.87 bits per heavy atom. The molecule has 0 radical (unpaired) electrons. The molecule has 2 N–H and O–H groups in total. The van der Waals surface area contributed by atoms with E-state index >= 15 is 0 Å². The van der Waals surface area contributed by atoms with E-state index in [9.17, 15) is 18.0 Å². The highest BCUT2D eigenvalue weighted by Crippen LogP contribution is 2.25. The maximum atomic E-state index is 12.7. The molecule has 2 rings (SSSR count). The standard InChI is InChI=1S/C15H21N3O4S/c1-11-5-7-13(8-6-11)23(21,22)18-9-3-4-12(18)10-17-15(20)14(19)16-2/h5-8,12H,3-4,9-10H2,1-2H3,(H,16,19)(H,17,20)/t12-/m0/s1. The van der Waals surface area contributed by atoms with Gasteiger partial charge < -0.3 is 10.6 Å². The second-order valence-corrected chi connectivity index (χ2v) is 7.40. The Kier molecular flexibility index (Phi) is 5.38. The number of carbonyl (C=O) groups is 2. The molecule has 1 fully saturated rings. The van der Waals surface area contributed by atoms with Gasteiger partial charge in [0.05, 0.1) is 4.90 Å². The van der Waals surface area contributed by atoms with E-state index in [-0.39, 0.29) is 17.5 Å². The molecular formula is C15H21N3O4S. The van der Waals surface area contributed by atoms with Crippen LogP contribution in [0.25, 0.3) is 0 Å². The van der Waals surface area contributed by atoms with Crippen molar-refractivity contribution in [3.05, 3.63) is 29.8 Å². The van der Waals surface area contributed by atoms with E-state index < -0.39 is 21.8 Å². The van der Waals surface area contributed by atoms with Crippen LogP contribution in [0.15, 0.2) is 29.2 Å². The van der Waals surface area contributed by atoms with Crippen LogP contribution in [0.5, 0.6) is 0 Å². The number of carbonyl (C=O) groups excluding carboxylic acids is 2. The van der Waals surface area contributed by atoms with Crippen LogP contribution in [0.1, 0.15) is 18.4 Å². The van der Waals surface area contributed by atoms with Crippen molar-refractivity contribution < 1.29 is 18.0 Å². The van der Waals surface area contributed by atoms with Crippen molar-refractivity contribution in [1.82, 2.24) is 14.9 Å². The van der Waals surface area contributed by atoms with Crippen LogP contribution in [-0.2, 0) is 19.6 Å². The second kappa shape index (κ2) is 7.10. The molecule has 23 heavy (non-hydrogen) atoms. The summed E-state index contributed by atoms with van der Waals surface area (Å²) in [4.78, 5) is 22.9. The molecule has 0 spiro atoms. The van der Waals surface area contributed by atoms with E-state index in [2.05, 4.69) is 10.6 Å². The molecule has 0 bridgehead atoms. The molecule has 1 aromatic carbocycles. The Balaban J connectivity index is 2.10. The van der Waals surface area contributed by atoms with Crippen LogP contribution in [0.2, 0.25) is 0 Å². The van der Waals surface area contributed by atoms with E-state index in [0.717, 1.165) is 12.0 Å². The van der Waals surface area contributed by atoms with Gasteiger partial charge in [-0.15, -0.1) is 0 Å². The van der Waals surface area contributed by atoms with Crippen molar-refractivity contribution in [1.29, 1.82) is 0 Å². The van der Waals surface area contributed by atoms with Crippen molar-refractivity contribution in [3.8, 4) is 0 Å². The first-order valence-electron chi connectivity index (χ1n) is 7.44. The van der Waals surface area contributed by atoms with E-state index in [1.54, 1.807) is 24.3 Å². The highest BCUT2D eigenvalue weighted by atomic mass is 32.2. The first kappa shape index (κ1) is 17.4. The largest absolute Gasteiger partial charge is 0.351 e. The topological polar surface area (TPSA) is 95.6 Å².